The molecule has 0 unspecified atom stereocenters. The lowest BCUT2D eigenvalue weighted by molar-refractivity contribution is -0.123. The van der Waals surface area contributed by atoms with Crippen LogP contribution in [0.5, 0.6) is 0 Å². The van der Waals surface area contributed by atoms with E-state index in [4.69, 9.17) is 4.74 Å². The molecule has 1 aromatic heterocycles. The summed E-state index contributed by atoms with van der Waals surface area (Å²) in [4.78, 5) is 44.6. The minimum absolute atomic E-state index is 0.173. The lowest BCUT2D eigenvalue weighted by Gasteiger charge is -2.15. The molecule has 0 bridgehead atoms. The second-order valence-electron chi connectivity index (χ2n) is 5.90. The molecule has 136 valence electrons. The van der Waals surface area contributed by atoms with Gasteiger partial charge in [0.2, 0.25) is 0 Å². The number of hydrogen-bond donors (Lipinski definition) is 1. The highest BCUT2D eigenvalue weighted by Crippen LogP contribution is 2.17. The van der Waals surface area contributed by atoms with Gasteiger partial charge >= 0.3 is 5.97 Å². The van der Waals surface area contributed by atoms with Crippen LogP contribution < -0.4 is 5.32 Å². The number of esters is 1. The van der Waals surface area contributed by atoms with E-state index < -0.39 is 18.0 Å². The maximum atomic E-state index is 12.3. The number of rotatable bonds is 5. The largest absolute Gasteiger partial charge is 0.449 e. The third kappa shape index (κ3) is 4.14. The fourth-order valence-corrected chi connectivity index (χ4v) is 2.51. The van der Waals surface area contributed by atoms with Gasteiger partial charge in [0.15, 0.2) is 11.9 Å². The summed E-state index contributed by atoms with van der Waals surface area (Å²) in [6.45, 7) is 2.88. The van der Waals surface area contributed by atoms with Gasteiger partial charge in [-0.05, 0) is 44.2 Å². The summed E-state index contributed by atoms with van der Waals surface area (Å²) in [5.41, 5.74) is 2.24. The molecule has 0 aliphatic carbocycles. The number of ketones is 1. The van der Waals surface area contributed by atoms with Crippen LogP contribution in [0.2, 0.25) is 0 Å². The maximum Gasteiger partial charge on any atom is 0.338 e. The Morgan fingerprint density at radius 3 is 2.44 bits per heavy atom. The summed E-state index contributed by atoms with van der Waals surface area (Å²) >= 11 is 0. The van der Waals surface area contributed by atoms with E-state index in [0.717, 1.165) is 0 Å². The second-order valence-corrected chi connectivity index (χ2v) is 5.90. The van der Waals surface area contributed by atoms with Crippen LogP contribution in [-0.4, -0.2) is 33.7 Å². The third-order valence-corrected chi connectivity index (χ3v) is 3.92. The summed E-state index contributed by atoms with van der Waals surface area (Å²) in [5.74, 6) is -1.35. The Morgan fingerprint density at radius 2 is 1.70 bits per heavy atom. The van der Waals surface area contributed by atoms with E-state index in [0.29, 0.717) is 22.3 Å². The minimum atomic E-state index is -1.05. The Labute approximate surface area is 155 Å². The van der Waals surface area contributed by atoms with E-state index in [1.807, 2.05) is 0 Å². The number of anilines is 1. The molecule has 0 aliphatic heterocycles. The fourth-order valence-electron chi connectivity index (χ4n) is 2.51. The Bertz CT molecular complexity index is 1030. The predicted molar refractivity (Wildman–Crippen MR) is 99.5 cm³/mol. The van der Waals surface area contributed by atoms with Crippen molar-refractivity contribution in [1.29, 1.82) is 0 Å². The first-order valence-electron chi connectivity index (χ1n) is 8.28. The quantitative estimate of drug-likeness (QED) is 0.553. The maximum absolute atomic E-state index is 12.3. The number of aromatic nitrogens is 2. The molecule has 0 fully saturated rings. The van der Waals surface area contributed by atoms with E-state index in [1.165, 1.54) is 20.0 Å². The molecule has 0 saturated carbocycles. The summed E-state index contributed by atoms with van der Waals surface area (Å²) in [7, 11) is 0. The molecule has 7 nitrogen and oxygen atoms in total. The molecule has 1 atom stereocenters. The van der Waals surface area contributed by atoms with Crippen LogP contribution in [0, 0.1) is 0 Å². The number of amides is 1. The van der Waals surface area contributed by atoms with Gasteiger partial charge < -0.3 is 10.1 Å². The van der Waals surface area contributed by atoms with Crippen molar-refractivity contribution in [1.82, 2.24) is 9.97 Å². The topological polar surface area (TPSA) is 98.2 Å². The number of benzene rings is 2. The highest BCUT2D eigenvalue weighted by atomic mass is 16.5. The van der Waals surface area contributed by atoms with Crippen LogP contribution in [0.15, 0.2) is 54.9 Å². The number of ether oxygens (including phenoxy) is 1. The first kappa shape index (κ1) is 18.2. The summed E-state index contributed by atoms with van der Waals surface area (Å²) in [6.07, 6.45) is 2.04. The molecule has 0 saturated heterocycles. The van der Waals surface area contributed by atoms with Crippen LogP contribution in [-0.2, 0) is 9.53 Å². The van der Waals surface area contributed by atoms with E-state index in [1.54, 1.807) is 48.7 Å². The summed E-state index contributed by atoms with van der Waals surface area (Å²) < 4.78 is 5.24. The van der Waals surface area contributed by atoms with Crippen LogP contribution in [0.4, 0.5) is 5.69 Å². The molecule has 1 heterocycles. The number of hydrogen-bond acceptors (Lipinski definition) is 6. The Balaban J connectivity index is 1.70. The lowest BCUT2D eigenvalue weighted by atomic mass is 10.1. The van der Waals surface area contributed by atoms with Gasteiger partial charge in [-0.1, -0.05) is 12.1 Å². The number of fused-ring (bicyclic) bond motifs is 1. The highest BCUT2D eigenvalue weighted by molar-refractivity contribution is 6.05. The molecule has 7 heteroatoms. The standard InChI is InChI=1S/C20H17N3O4/c1-12(24)15-5-3-4-6-16(15)23-19(25)13(2)27-20(26)14-7-8-17-18(11-14)22-10-9-21-17/h3-11,13H,1-2H3,(H,23,25)/t13-/m1/s1. The molecular formula is C20H17N3O4. The lowest BCUT2D eigenvalue weighted by Crippen LogP contribution is -2.30. The Kier molecular flexibility index (Phi) is 5.21. The molecule has 2 aromatic carbocycles. The van der Waals surface area contributed by atoms with Gasteiger partial charge in [0, 0.05) is 18.0 Å². The van der Waals surface area contributed by atoms with Gasteiger partial charge in [0.25, 0.3) is 5.91 Å². The van der Waals surface area contributed by atoms with Gasteiger partial charge in [-0.3, -0.25) is 19.6 Å². The molecule has 3 aromatic rings. The smallest absolute Gasteiger partial charge is 0.338 e. The van der Waals surface area contributed by atoms with Gasteiger partial charge in [-0.15, -0.1) is 0 Å². The number of carbonyl (C=O) groups is 3. The molecule has 1 N–H and O–H groups in total. The number of nitrogens with zero attached hydrogens (tertiary/aromatic N) is 2. The molecule has 0 radical (unpaired) electrons. The summed E-state index contributed by atoms with van der Waals surface area (Å²) in [5, 5.41) is 2.62. The van der Waals surface area contributed by atoms with Crippen molar-refractivity contribution < 1.29 is 19.1 Å². The fraction of sp³-hybridized carbons (Fsp3) is 0.150. The Hall–Kier alpha value is -3.61. The molecule has 0 spiro atoms. The van der Waals surface area contributed by atoms with Crippen molar-refractivity contribution in [2.75, 3.05) is 5.32 Å². The second kappa shape index (κ2) is 7.74. The van der Waals surface area contributed by atoms with E-state index in [9.17, 15) is 14.4 Å². The van der Waals surface area contributed by atoms with Crippen LogP contribution in [0.3, 0.4) is 0 Å². The van der Waals surface area contributed by atoms with E-state index in [-0.39, 0.29) is 11.3 Å². The Morgan fingerprint density at radius 1 is 1.00 bits per heavy atom. The number of nitrogens with one attached hydrogen (secondary N) is 1. The zero-order valence-corrected chi connectivity index (χ0v) is 14.8. The molecular weight excluding hydrogens is 346 g/mol. The monoisotopic (exact) mass is 363 g/mol. The zero-order valence-electron chi connectivity index (χ0n) is 14.8. The average Bonchev–Trinajstić information content (AvgIpc) is 2.67. The van der Waals surface area contributed by atoms with E-state index in [2.05, 4.69) is 15.3 Å². The molecule has 1 amide bonds. The first-order chi connectivity index (χ1) is 13.0. The zero-order chi connectivity index (χ0) is 19.4. The number of carbonyl (C=O) groups excluding carboxylic acids is 3. The average molecular weight is 363 g/mol. The van der Waals surface area contributed by atoms with Crippen LogP contribution >= 0.6 is 0 Å². The number of para-hydroxylation sites is 1. The molecule has 27 heavy (non-hydrogen) atoms. The third-order valence-electron chi connectivity index (χ3n) is 3.92. The van der Waals surface area contributed by atoms with Crippen LogP contribution in [0.1, 0.15) is 34.6 Å². The van der Waals surface area contributed by atoms with Crippen molar-refractivity contribution in [2.45, 2.75) is 20.0 Å². The normalized spacial score (nSPS) is 11.6. The highest BCUT2D eigenvalue weighted by Gasteiger charge is 2.20. The van der Waals surface area contributed by atoms with Crippen molar-refractivity contribution in [3.8, 4) is 0 Å². The van der Waals surface area contributed by atoms with Crippen molar-refractivity contribution in [2.24, 2.45) is 0 Å². The number of Topliss-reactive ketones (excluding diaryl/α,β-unsaturated/α-hetero) is 1. The summed E-state index contributed by atoms with van der Waals surface area (Å²) in [6, 6.07) is 11.4. The predicted octanol–water partition coefficient (Wildman–Crippen LogP) is 3.02. The van der Waals surface area contributed by atoms with Crippen molar-refractivity contribution >= 4 is 34.4 Å². The van der Waals surface area contributed by atoms with Gasteiger partial charge in [0.05, 0.1) is 22.3 Å². The first-order valence-corrected chi connectivity index (χ1v) is 8.28. The van der Waals surface area contributed by atoms with Crippen molar-refractivity contribution in [3.05, 3.63) is 66.0 Å². The van der Waals surface area contributed by atoms with Gasteiger partial charge in [-0.25, -0.2) is 4.79 Å². The molecule has 0 aliphatic rings. The van der Waals surface area contributed by atoms with Crippen molar-refractivity contribution in [3.63, 3.8) is 0 Å². The SMILES string of the molecule is CC(=O)c1ccccc1NC(=O)[C@@H](C)OC(=O)c1ccc2nccnc2c1. The van der Waals surface area contributed by atoms with Crippen LogP contribution in [0.25, 0.3) is 11.0 Å². The van der Waals surface area contributed by atoms with E-state index >= 15 is 0 Å². The van der Waals surface area contributed by atoms with Gasteiger partial charge in [-0.2, -0.15) is 0 Å². The van der Waals surface area contributed by atoms with Gasteiger partial charge in [0.1, 0.15) is 0 Å². The minimum Gasteiger partial charge on any atom is -0.449 e. The molecule has 3 rings (SSSR count).